The van der Waals surface area contributed by atoms with Gasteiger partial charge in [0.25, 0.3) is 0 Å². The molecule has 2 heterocycles. The van der Waals surface area contributed by atoms with Crippen molar-refractivity contribution in [2.75, 3.05) is 0 Å². The lowest BCUT2D eigenvalue weighted by atomic mass is 9.82. The lowest BCUT2D eigenvalue weighted by Crippen LogP contribution is -2.14. The molecule has 10 rings (SSSR count). The van der Waals surface area contributed by atoms with Gasteiger partial charge in [0.2, 0.25) is 0 Å². The third kappa shape index (κ3) is 3.62. The van der Waals surface area contributed by atoms with Crippen LogP contribution in [0.1, 0.15) is 75.6 Å². The van der Waals surface area contributed by atoms with Crippen molar-refractivity contribution < 1.29 is 0 Å². The van der Waals surface area contributed by atoms with E-state index in [2.05, 4.69) is 161 Å². The lowest BCUT2D eigenvalue weighted by molar-refractivity contribution is 0.660. The van der Waals surface area contributed by atoms with Crippen molar-refractivity contribution >= 4 is 59.6 Å². The molecule has 0 amide bonds. The fourth-order valence-electron chi connectivity index (χ4n) is 8.94. The van der Waals surface area contributed by atoms with Crippen molar-refractivity contribution in [2.45, 2.75) is 58.8 Å². The van der Waals surface area contributed by atoms with Crippen molar-refractivity contribution in [3.05, 3.63) is 138 Å². The van der Waals surface area contributed by atoms with Crippen molar-refractivity contribution in [2.24, 2.45) is 0 Å². The van der Waals surface area contributed by atoms with Crippen LogP contribution in [0.2, 0.25) is 0 Å². The molecule has 9 aromatic rings. The zero-order valence-electron chi connectivity index (χ0n) is 28.6. The quantitative estimate of drug-likeness (QED) is 0.186. The van der Waals surface area contributed by atoms with Gasteiger partial charge in [-0.3, -0.25) is 0 Å². The van der Waals surface area contributed by atoms with Crippen molar-refractivity contribution in [1.29, 1.82) is 0 Å². The largest absolute Gasteiger partial charge is 0.308 e. The van der Waals surface area contributed by atoms with Gasteiger partial charge in [0.05, 0.1) is 16.6 Å². The SMILES string of the molecule is CC(C)c1ccc2cc3c(cc2c1)c1cc(-c2cccc4c2-c2ccccc2C4(C)C)cc2c4cc5cc(C(C)C)ccc5cc4n3c12. The van der Waals surface area contributed by atoms with E-state index in [9.17, 15) is 0 Å². The van der Waals surface area contributed by atoms with Crippen LogP contribution in [0.3, 0.4) is 0 Å². The summed E-state index contributed by atoms with van der Waals surface area (Å²) in [6.45, 7) is 13.9. The molecule has 0 unspecified atom stereocenters. The molecule has 0 radical (unpaired) electrons. The molecule has 7 aromatic carbocycles. The maximum Gasteiger partial charge on any atom is 0.0620 e. The Labute approximate surface area is 281 Å². The Kier molecular flexibility index (Phi) is 5.52. The highest BCUT2D eigenvalue weighted by atomic mass is 14.9. The van der Waals surface area contributed by atoms with Gasteiger partial charge in [-0.05, 0) is 114 Å². The summed E-state index contributed by atoms with van der Waals surface area (Å²) in [6, 6.07) is 44.8. The van der Waals surface area contributed by atoms with Crippen LogP contribution >= 0.6 is 0 Å². The Bertz CT molecular complexity index is 2670. The molecule has 1 heteroatoms. The average Bonchev–Trinajstić information content (AvgIpc) is 3.67. The van der Waals surface area contributed by atoms with E-state index in [1.165, 1.54) is 104 Å². The van der Waals surface area contributed by atoms with Crippen LogP contribution in [-0.4, -0.2) is 4.40 Å². The first-order valence-corrected chi connectivity index (χ1v) is 17.6. The zero-order chi connectivity index (χ0) is 32.6. The monoisotopic (exact) mass is 617 g/mol. The highest BCUT2D eigenvalue weighted by molar-refractivity contribution is 6.27. The highest BCUT2D eigenvalue weighted by Crippen LogP contribution is 2.53. The molecule has 0 N–H and O–H groups in total. The molecule has 0 saturated carbocycles. The van der Waals surface area contributed by atoms with E-state index in [1.54, 1.807) is 0 Å². The average molecular weight is 618 g/mol. The third-order valence-corrected chi connectivity index (χ3v) is 11.6. The number of hydrogen-bond donors (Lipinski definition) is 0. The van der Waals surface area contributed by atoms with E-state index >= 15 is 0 Å². The second-order valence-corrected chi connectivity index (χ2v) is 15.4. The van der Waals surface area contributed by atoms with Gasteiger partial charge >= 0.3 is 0 Å². The molecule has 0 fully saturated rings. The standard InChI is InChI=1S/C47H39N/c1-26(2)28-14-16-30-24-43-37(20-32(30)18-28)39-22-34(35-11-9-13-42-45(35)36-10-7-8-12-41(36)47(42,5)6)23-40-38-21-33-19-29(27(3)4)15-17-31(33)25-44(38)48(43)46(39)40/h7-27H,1-6H3. The number of rotatable bonds is 3. The normalized spacial score (nSPS) is 14.2. The van der Waals surface area contributed by atoms with Gasteiger partial charge in [-0.2, -0.15) is 0 Å². The second kappa shape index (κ2) is 9.48. The zero-order valence-corrected chi connectivity index (χ0v) is 28.6. The molecule has 0 atom stereocenters. The van der Waals surface area contributed by atoms with Gasteiger partial charge in [0.15, 0.2) is 0 Å². The summed E-state index contributed by atoms with van der Waals surface area (Å²) in [5.74, 6) is 0.986. The maximum absolute atomic E-state index is 2.55. The van der Waals surface area contributed by atoms with Crippen LogP contribution in [0.15, 0.2) is 115 Å². The van der Waals surface area contributed by atoms with Gasteiger partial charge < -0.3 is 4.40 Å². The Hall–Kier alpha value is -5.14. The molecule has 1 aliphatic carbocycles. The van der Waals surface area contributed by atoms with Crippen LogP contribution in [0.5, 0.6) is 0 Å². The van der Waals surface area contributed by atoms with Crippen LogP contribution < -0.4 is 0 Å². The van der Waals surface area contributed by atoms with Gasteiger partial charge in [-0.1, -0.05) is 120 Å². The molecule has 0 aliphatic heterocycles. The molecular formula is C47H39N. The van der Waals surface area contributed by atoms with E-state index in [4.69, 9.17) is 0 Å². The minimum Gasteiger partial charge on any atom is -0.308 e. The lowest BCUT2D eigenvalue weighted by Gasteiger charge is -2.21. The van der Waals surface area contributed by atoms with E-state index in [0.717, 1.165) is 0 Å². The fourth-order valence-corrected chi connectivity index (χ4v) is 8.94. The van der Waals surface area contributed by atoms with Crippen LogP contribution in [0.25, 0.3) is 81.9 Å². The molecule has 0 saturated heterocycles. The fraction of sp³-hybridized carbons (Fsp3) is 0.191. The topological polar surface area (TPSA) is 4.41 Å². The van der Waals surface area contributed by atoms with Crippen molar-refractivity contribution in [3.8, 4) is 22.3 Å². The third-order valence-electron chi connectivity index (χ3n) is 11.6. The molecular weight excluding hydrogens is 579 g/mol. The Morgan fingerprint density at radius 2 is 1.02 bits per heavy atom. The summed E-state index contributed by atoms with van der Waals surface area (Å²) in [7, 11) is 0. The Morgan fingerprint density at radius 3 is 1.60 bits per heavy atom. The first-order valence-electron chi connectivity index (χ1n) is 17.6. The summed E-state index contributed by atoms with van der Waals surface area (Å²) in [4.78, 5) is 0. The molecule has 0 spiro atoms. The summed E-state index contributed by atoms with van der Waals surface area (Å²) < 4.78 is 2.55. The minimum atomic E-state index is -0.0362. The molecule has 0 bridgehead atoms. The van der Waals surface area contributed by atoms with Gasteiger partial charge in [-0.25, -0.2) is 0 Å². The van der Waals surface area contributed by atoms with Crippen LogP contribution in [-0.2, 0) is 5.41 Å². The smallest absolute Gasteiger partial charge is 0.0620 e. The van der Waals surface area contributed by atoms with E-state index < -0.39 is 0 Å². The first kappa shape index (κ1) is 27.9. The van der Waals surface area contributed by atoms with Crippen LogP contribution in [0, 0.1) is 0 Å². The maximum atomic E-state index is 2.55. The predicted octanol–water partition coefficient (Wildman–Crippen LogP) is 13.4. The van der Waals surface area contributed by atoms with E-state index in [-0.39, 0.29) is 5.41 Å². The number of hydrogen-bond acceptors (Lipinski definition) is 0. The van der Waals surface area contributed by atoms with Gasteiger partial charge in [0.1, 0.15) is 0 Å². The van der Waals surface area contributed by atoms with E-state index in [0.29, 0.717) is 11.8 Å². The molecule has 2 aromatic heterocycles. The second-order valence-electron chi connectivity index (χ2n) is 15.4. The van der Waals surface area contributed by atoms with Gasteiger partial charge in [-0.15, -0.1) is 0 Å². The summed E-state index contributed by atoms with van der Waals surface area (Å²) in [6.07, 6.45) is 0. The molecule has 1 nitrogen and oxygen atoms in total. The summed E-state index contributed by atoms with van der Waals surface area (Å²) >= 11 is 0. The first-order chi connectivity index (χ1) is 23.2. The van der Waals surface area contributed by atoms with Crippen molar-refractivity contribution in [3.63, 3.8) is 0 Å². The highest BCUT2D eigenvalue weighted by Gasteiger charge is 2.36. The molecule has 48 heavy (non-hydrogen) atoms. The molecule has 232 valence electrons. The molecule has 1 aliphatic rings. The minimum absolute atomic E-state index is 0.0362. The Morgan fingerprint density at radius 1 is 0.479 bits per heavy atom. The summed E-state index contributed by atoms with van der Waals surface area (Å²) in [5, 5.41) is 10.5. The number of nitrogens with zero attached hydrogens (tertiary/aromatic N) is 1. The summed E-state index contributed by atoms with van der Waals surface area (Å²) in [5.41, 5.74) is 14.8. The van der Waals surface area contributed by atoms with E-state index in [1.807, 2.05) is 0 Å². The predicted molar refractivity (Wildman–Crippen MR) is 207 cm³/mol. The Balaban J connectivity index is 1.36. The number of aromatic nitrogens is 1. The van der Waals surface area contributed by atoms with Crippen molar-refractivity contribution in [1.82, 2.24) is 4.40 Å². The van der Waals surface area contributed by atoms with Crippen LogP contribution in [0.4, 0.5) is 0 Å². The van der Waals surface area contributed by atoms with Gasteiger partial charge in [0, 0.05) is 27.0 Å². The number of benzene rings is 7. The number of fused-ring (bicyclic) bond motifs is 11.